The maximum atomic E-state index is 13.1. The first-order valence-corrected chi connectivity index (χ1v) is 29.3. The molecule has 1 saturated heterocycles. The number of rotatable bonds is 50. The summed E-state index contributed by atoms with van der Waals surface area (Å²) in [5, 5.41) is 31.4. The minimum atomic E-state index is -1.90. The smallest absolute Gasteiger partial charge is 0.335 e. The zero-order chi connectivity index (χ0) is 51.8. The van der Waals surface area contributed by atoms with Gasteiger partial charge in [-0.15, -0.1) is 0 Å². The van der Waals surface area contributed by atoms with Crippen molar-refractivity contribution >= 4 is 23.9 Å². The highest BCUT2D eigenvalue weighted by molar-refractivity contribution is 5.74. The largest absolute Gasteiger partial charge is 0.479 e. The van der Waals surface area contributed by atoms with E-state index in [-0.39, 0.29) is 25.9 Å². The van der Waals surface area contributed by atoms with Gasteiger partial charge in [0.25, 0.3) is 0 Å². The Balaban J connectivity index is 2.69. The average molecular weight is 1010 g/mol. The molecule has 0 spiro atoms. The third-order valence-corrected chi connectivity index (χ3v) is 13.5. The van der Waals surface area contributed by atoms with Crippen LogP contribution in [0.3, 0.4) is 0 Å². The number of aliphatic hydroxyl groups excluding tert-OH is 2. The second kappa shape index (κ2) is 48.2. The van der Waals surface area contributed by atoms with Crippen molar-refractivity contribution in [2.75, 3.05) is 13.2 Å². The molecule has 0 radical (unpaired) electrons. The fourth-order valence-corrected chi connectivity index (χ4v) is 8.99. The van der Waals surface area contributed by atoms with Crippen molar-refractivity contribution < 1.29 is 58.2 Å². The number of hydrogen-bond acceptors (Lipinski definition) is 11. The number of esters is 3. The summed E-state index contributed by atoms with van der Waals surface area (Å²) in [6.45, 7) is 5.98. The van der Waals surface area contributed by atoms with Crippen molar-refractivity contribution in [2.45, 2.75) is 314 Å². The summed E-state index contributed by atoms with van der Waals surface area (Å²) in [4.78, 5) is 51.0. The Bertz CT molecular complexity index is 1340. The van der Waals surface area contributed by atoms with Gasteiger partial charge in [-0.25, -0.2) is 4.79 Å². The highest BCUT2D eigenvalue weighted by atomic mass is 16.7. The molecule has 0 saturated carbocycles. The Labute approximate surface area is 432 Å². The molecule has 0 aromatic carbocycles. The summed E-state index contributed by atoms with van der Waals surface area (Å²) < 4.78 is 28.4. The van der Waals surface area contributed by atoms with Crippen LogP contribution in [-0.4, -0.2) is 89.2 Å². The summed E-state index contributed by atoms with van der Waals surface area (Å²) >= 11 is 0. The van der Waals surface area contributed by atoms with Crippen LogP contribution in [-0.2, 0) is 42.9 Å². The zero-order valence-electron chi connectivity index (χ0n) is 45.5. The number of carbonyl (C=O) groups excluding carboxylic acids is 3. The molecule has 1 rings (SSSR count). The van der Waals surface area contributed by atoms with Gasteiger partial charge in [-0.05, 0) is 51.4 Å². The molecule has 12 nitrogen and oxygen atoms in total. The SMILES string of the molecule is CCCCC/C=C\C/C=C\CCCCCCCC(=O)OC1C(OCC(COC(=O)CCCCCCCCCCCCCCC)OC(=O)CCCCCCCCCCCCCCC)OC(C(=O)O)C(O)C1O. The number of carbonyl (C=O) groups is 4. The lowest BCUT2D eigenvalue weighted by Crippen LogP contribution is -2.61. The first-order chi connectivity index (χ1) is 34.6. The summed E-state index contributed by atoms with van der Waals surface area (Å²) in [6, 6.07) is 0. The molecular weight excluding hydrogens is 901 g/mol. The van der Waals surface area contributed by atoms with Gasteiger partial charge in [-0.2, -0.15) is 0 Å². The predicted molar refractivity (Wildman–Crippen MR) is 285 cm³/mol. The van der Waals surface area contributed by atoms with Crippen molar-refractivity contribution in [1.82, 2.24) is 0 Å². The Morgan fingerprint density at radius 2 is 0.845 bits per heavy atom. The highest BCUT2D eigenvalue weighted by Gasteiger charge is 2.50. The van der Waals surface area contributed by atoms with Gasteiger partial charge in [0.2, 0.25) is 0 Å². The molecule has 12 heteroatoms. The molecule has 0 aliphatic carbocycles. The molecule has 1 fully saturated rings. The van der Waals surface area contributed by atoms with Gasteiger partial charge in [0.15, 0.2) is 24.6 Å². The number of hydrogen-bond donors (Lipinski definition) is 3. The van der Waals surface area contributed by atoms with Crippen LogP contribution in [0.2, 0.25) is 0 Å². The topological polar surface area (TPSA) is 175 Å². The molecule has 0 aromatic heterocycles. The minimum Gasteiger partial charge on any atom is -0.479 e. The van der Waals surface area contributed by atoms with Gasteiger partial charge in [0.1, 0.15) is 18.8 Å². The Kier molecular flexibility index (Phi) is 44.9. The molecular formula is C59H106O12. The number of carboxylic acids is 1. The van der Waals surface area contributed by atoms with E-state index >= 15 is 0 Å². The Morgan fingerprint density at radius 1 is 0.465 bits per heavy atom. The van der Waals surface area contributed by atoms with Gasteiger partial charge in [0, 0.05) is 19.3 Å². The van der Waals surface area contributed by atoms with Crippen LogP contribution >= 0.6 is 0 Å². The average Bonchev–Trinajstić information content (AvgIpc) is 3.35. The van der Waals surface area contributed by atoms with E-state index in [2.05, 4.69) is 45.1 Å². The molecule has 3 N–H and O–H groups in total. The molecule has 71 heavy (non-hydrogen) atoms. The van der Waals surface area contributed by atoms with Crippen molar-refractivity contribution in [1.29, 1.82) is 0 Å². The van der Waals surface area contributed by atoms with Gasteiger partial charge in [-0.1, -0.05) is 231 Å². The third-order valence-electron chi connectivity index (χ3n) is 13.5. The van der Waals surface area contributed by atoms with Gasteiger partial charge < -0.3 is 39.0 Å². The lowest BCUT2D eigenvalue weighted by Gasteiger charge is -2.40. The molecule has 1 heterocycles. The second-order valence-electron chi connectivity index (χ2n) is 20.3. The first kappa shape index (κ1) is 66.2. The fraction of sp³-hybridized carbons (Fsp3) is 0.864. The Morgan fingerprint density at radius 3 is 1.30 bits per heavy atom. The third kappa shape index (κ3) is 38.4. The van der Waals surface area contributed by atoms with E-state index in [4.69, 9.17) is 23.7 Å². The predicted octanol–water partition coefficient (Wildman–Crippen LogP) is 14.7. The van der Waals surface area contributed by atoms with E-state index in [0.29, 0.717) is 19.3 Å². The maximum absolute atomic E-state index is 13.1. The van der Waals surface area contributed by atoms with E-state index in [1.165, 1.54) is 135 Å². The van der Waals surface area contributed by atoms with Crippen LogP contribution in [0, 0.1) is 0 Å². The second-order valence-corrected chi connectivity index (χ2v) is 20.3. The van der Waals surface area contributed by atoms with E-state index < -0.39 is 67.3 Å². The van der Waals surface area contributed by atoms with Crippen LogP contribution in [0.25, 0.3) is 0 Å². The molecule has 1 aliphatic heterocycles. The molecule has 0 aromatic rings. The van der Waals surface area contributed by atoms with Crippen LogP contribution in [0.4, 0.5) is 0 Å². The number of ether oxygens (including phenoxy) is 5. The van der Waals surface area contributed by atoms with Crippen LogP contribution in [0.15, 0.2) is 24.3 Å². The van der Waals surface area contributed by atoms with Crippen LogP contribution in [0.5, 0.6) is 0 Å². The summed E-state index contributed by atoms with van der Waals surface area (Å²) in [7, 11) is 0. The molecule has 1 aliphatic rings. The number of carboxylic acid groups (broad SMARTS) is 1. The Hall–Kier alpha value is -2.80. The lowest BCUT2D eigenvalue weighted by molar-refractivity contribution is -0.301. The van der Waals surface area contributed by atoms with Crippen molar-refractivity contribution in [2.24, 2.45) is 0 Å². The lowest BCUT2D eigenvalue weighted by atomic mass is 9.98. The molecule has 6 unspecified atom stereocenters. The number of aliphatic hydroxyl groups is 2. The minimum absolute atomic E-state index is 0.0491. The van der Waals surface area contributed by atoms with E-state index in [1.54, 1.807) is 0 Å². The number of allylic oxidation sites excluding steroid dienone is 4. The summed E-state index contributed by atoms with van der Waals surface area (Å²) in [5.41, 5.74) is 0. The highest BCUT2D eigenvalue weighted by Crippen LogP contribution is 2.26. The fourth-order valence-electron chi connectivity index (χ4n) is 8.99. The van der Waals surface area contributed by atoms with Crippen molar-refractivity contribution in [3.63, 3.8) is 0 Å². The van der Waals surface area contributed by atoms with Crippen molar-refractivity contribution in [3.05, 3.63) is 24.3 Å². The normalized spacial score (nSPS) is 18.6. The monoisotopic (exact) mass is 1010 g/mol. The molecule has 414 valence electrons. The van der Waals surface area contributed by atoms with Gasteiger partial charge in [-0.3, -0.25) is 14.4 Å². The quantitative estimate of drug-likeness (QED) is 0.0228. The molecule has 6 atom stereocenters. The standard InChI is InChI=1S/C59H106O12/c1-4-7-10-13-16-19-22-25-26-29-32-35-38-41-44-47-53(62)70-57-55(64)54(63)56(58(65)66)71-59(57)68-49-50(69-52(61)46-43-40-37-34-31-28-24-21-18-15-12-9-6-3)48-67-51(60)45-42-39-36-33-30-27-23-20-17-14-11-8-5-2/h16,19,25-26,50,54-57,59,63-64H,4-15,17-18,20-24,27-49H2,1-3H3,(H,65,66)/b19-16-,26-25-. The molecule has 0 bridgehead atoms. The zero-order valence-corrected chi connectivity index (χ0v) is 45.5. The van der Waals surface area contributed by atoms with Crippen molar-refractivity contribution in [3.8, 4) is 0 Å². The van der Waals surface area contributed by atoms with E-state index in [1.807, 2.05) is 0 Å². The number of unbranched alkanes of at least 4 members (excludes halogenated alkanes) is 32. The van der Waals surface area contributed by atoms with E-state index in [0.717, 1.165) is 83.5 Å². The van der Waals surface area contributed by atoms with Crippen LogP contribution in [0.1, 0.15) is 278 Å². The first-order valence-electron chi connectivity index (χ1n) is 29.3. The van der Waals surface area contributed by atoms with E-state index in [9.17, 15) is 34.5 Å². The summed E-state index contributed by atoms with van der Waals surface area (Å²) in [5.74, 6) is -3.11. The van der Waals surface area contributed by atoms with Gasteiger partial charge >= 0.3 is 23.9 Å². The van der Waals surface area contributed by atoms with Crippen LogP contribution < -0.4 is 0 Å². The number of aliphatic carboxylic acids is 1. The summed E-state index contributed by atoms with van der Waals surface area (Å²) in [6.07, 6.45) is 41.4. The maximum Gasteiger partial charge on any atom is 0.335 e. The molecule has 0 amide bonds. The van der Waals surface area contributed by atoms with Gasteiger partial charge in [0.05, 0.1) is 6.61 Å².